The van der Waals surface area contributed by atoms with Crippen LogP contribution < -0.4 is 10.1 Å². The second-order valence-corrected chi connectivity index (χ2v) is 6.40. The van der Waals surface area contributed by atoms with Gasteiger partial charge in [-0.2, -0.15) is 0 Å². The zero-order valence-corrected chi connectivity index (χ0v) is 15.2. The average Bonchev–Trinajstić information content (AvgIpc) is 2.64. The first-order chi connectivity index (χ1) is 12.2. The van der Waals surface area contributed by atoms with Gasteiger partial charge in [-0.1, -0.05) is 48.5 Å². The summed E-state index contributed by atoms with van der Waals surface area (Å²) in [7, 11) is 0. The van der Waals surface area contributed by atoms with Crippen LogP contribution in [0.4, 0.5) is 5.69 Å². The third-order valence-corrected chi connectivity index (χ3v) is 4.34. The SMILES string of the molecule is O=C(Nc1ccccc1)c1ccc(OCCc2ccccc2)c(Br)c1. The molecule has 25 heavy (non-hydrogen) atoms. The lowest BCUT2D eigenvalue weighted by molar-refractivity contribution is 0.102. The lowest BCUT2D eigenvalue weighted by Crippen LogP contribution is -2.12. The smallest absolute Gasteiger partial charge is 0.255 e. The molecule has 0 radical (unpaired) electrons. The first kappa shape index (κ1) is 17.2. The van der Waals surface area contributed by atoms with Crippen molar-refractivity contribution in [3.8, 4) is 5.75 Å². The highest BCUT2D eigenvalue weighted by Crippen LogP contribution is 2.26. The van der Waals surface area contributed by atoms with Gasteiger partial charge in [0.05, 0.1) is 11.1 Å². The van der Waals surface area contributed by atoms with E-state index in [-0.39, 0.29) is 5.91 Å². The number of anilines is 1. The summed E-state index contributed by atoms with van der Waals surface area (Å²) in [5, 5.41) is 2.87. The number of rotatable bonds is 6. The molecule has 0 spiro atoms. The van der Waals surface area contributed by atoms with Crippen LogP contribution in [0.25, 0.3) is 0 Å². The average molecular weight is 396 g/mol. The third kappa shape index (κ3) is 4.94. The third-order valence-electron chi connectivity index (χ3n) is 3.72. The van der Waals surface area contributed by atoms with Crippen molar-refractivity contribution in [1.82, 2.24) is 0 Å². The van der Waals surface area contributed by atoms with Crippen LogP contribution in [0.15, 0.2) is 83.3 Å². The molecular weight excluding hydrogens is 378 g/mol. The Labute approximate surface area is 155 Å². The number of carbonyl (C=O) groups is 1. The number of benzene rings is 3. The van der Waals surface area contributed by atoms with E-state index in [0.717, 1.165) is 22.3 Å². The minimum Gasteiger partial charge on any atom is -0.492 e. The van der Waals surface area contributed by atoms with Gasteiger partial charge in [-0.15, -0.1) is 0 Å². The van der Waals surface area contributed by atoms with Crippen molar-refractivity contribution >= 4 is 27.5 Å². The largest absolute Gasteiger partial charge is 0.492 e. The maximum atomic E-state index is 12.3. The van der Waals surface area contributed by atoms with E-state index in [1.807, 2.05) is 54.6 Å². The minimum atomic E-state index is -0.150. The summed E-state index contributed by atoms with van der Waals surface area (Å²) in [5.74, 6) is 0.579. The van der Waals surface area contributed by atoms with Gasteiger partial charge in [0.2, 0.25) is 0 Å². The molecule has 0 aromatic heterocycles. The van der Waals surface area contributed by atoms with Crippen LogP contribution in [0.2, 0.25) is 0 Å². The van der Waals surface area contributed by atoms with Crippen molar-refractivity contribution in [2.45, 2.75) is 6.42 Å². The molecule has 0 bridgehead atoms. The van der Waals surface area contributed by atoms with Gasteiger partial charge >= 0.3 is 0 Å². The Hall–Kier alpha value is -2.59. The van der Waals surface area contributed by atoms with E-state index in [1.54, 1.807) is 12.1 Å². The summed E-state index contributed by atoms with van der Waals surface area (Å²) in [5.41, 5.74) is 2.58. The normalized spacial score (nSPS) is 10.3. The fraction of sp³-hybridized carbons (Fsp3) is 0.0952. The van der Waals surface area contributed by atoms with Crippen LogP contribution >= 0.6 is 15.9 Å². The molecule has 0 atom stereocenters. The first-order valence-corrected chi connectivity index (χ1v) is 8.84. The van der Waals surface area contributed by atoms with Crippen molar-refractivity contribution in [3.63, 3.8) is 0 Å². The molecule has 0 saturated carbocycles. The van der Waals surface area contributed by atoms with Crippen molar-refractivity contribution < 1.29 is 9.53 Å². The summed E-state index contributed by atoms with van der Waals surface area (Å²) >= 11 is 3.48. The van der Waals surface area contributed by atoms with E-state index in [0.29, 0.717) is 12.2 Å². The molecule has 0 aliphatic rings. The van der Waals surface area contributed by atoms with Gasteiger partial charge in [-0.3, -0.25) is 4.79 Å². The van der Waals surface area contributed by atoms with Gasteiger partial charge in [0, 0.05) is 17.7 Å². The predicted molar refractivity (Wildman–Crippen MR) is 104 cm³/mol. The highest BCUT2D eigenvalue weighted by molar-refractivity contribution is 9.10. The lowest BCUT2D eigenvalue weighted by Gasteiger charge is -2.10. The molecule has 3 nitrogen and oxygen atoms in total. The monoisotopic (exact) mass is 395 g/mol. The molecule has 126 valence electrons. The van der Waals surface area contributed by atoms with Crippen molar-refractivity contribution in [2.75, 3.05) is 11.9 Å². The van der Waals surface area contributed by atoms with Gasteiger partial charge in [-0.25, -0.2) is 0 Å². The maximum absolute atomic E-state index is 12.3. The number of para-hydroxylation sites is 1. The molecule has 0 heterocycles. The van der Waals surface area contributed by atoms with E-state index in [9.17, 15) is 4.79 Å². The van der Waals surface area contributed by atoms with E-state index in [4.69, 9.17) is 4.74 Å². The van der Waals surface area contributed by atoms with Gasteiger partial charge in [-0.05, 0) is 51.8 Å². The van der Waals surface area contributed by atoms with Gasteiger partial charge < -0.3 is 10.1 Å². The van der Waals surface area contributed by atoms with Crippen molar-refractivity contribution in [2.24, 2.45) is 0 Å². The molecule has 0 saturated heterocycles. The molecule has 1 amide bonds. The number of halogens is 1. The van der Waals surface area contributed by atoms with Crippen LogP contribution in [0.1, 0.15) is 15.9 Å². The number of nitrogens with one attached hydrogen (secondary N) is 1. The first-order valence-electron chi connectivity index (χ1n) is 8.05. The van der Waals surface area contributed by atoms with Crippen LogP contribution in [0, 0.1) is 0 Å². The molecule has 3 rings (SSSR count). The second-order valence-electron chi connectivity index (χ2n) is 5.55. The summed E-state index contributed by atoms with van der Waals surface area (Å²) in [6.45, 7) is 0.582. The molecular formula is C21H18BrNO2. The molecule has 3 aromatic rings. The molecule has 0 aliphatic carbocycles. The van der Waals surface area contributed by atoms with Crippen LogP contribution in [0.3, 0.4) is 0 Å². The minimum absolute atomic E-state index is 0.150. The van der Waals surface area contributed by atoms with Gasteiger partial charge in [0.25, 0.3) is 5.91 Å². The molecule has 0 unspecified atom stereocenters. The maximum Gasteiger partial charge on any atom is 0.255 e. The molecule has 0 fully saturated rings. The Morgan fingerprint density at radius 3 is 2.28 bits per heavy atom. The zero-order valence-electron chi connectivity index (χ0n) is 13.6. The molecule has 1 N–H and O–H groups in total. The fourth-order valence-electron chi connectivity index (χ4n) is 2.41. The Balaban J connectivity index is 1.59. The Morgan fingerprint density at radius 1 is 0.920 bits per heavy atom. The quantitative estimate of drug-likeness (QED) is 0.612. The number of ether oxygens (including phenoxy) is 1. The van der Waals surface area contributed by atoms with Crippen molar-refractivity contribution in [3.05, 3.63) is 94.5 Å². The Bertz CT molecular complexity index is 835. The van der Waals surface area contributed by atoms with E-state index < -0.39 is 0 Å². The Kier molecular flexibility index (Phi) is 5.86. The summed E-state index contributed by atoms with van der Waals surface area (Å²) < 4.78 is 6.58. The summed E-state index contributed by atoms with van der Waals surface area (Å²) in [4.78, 5) is 12.3. The summed E-state index contributed by atoms with van der Waals surface area (Å²) in [6.07, 6.45) is 0.837. The topological polar surface area (TPSA) is 38.3 Å². The van der Waals surface area contributed by atoms with Gasteiger partial charge in [0.1, 0.15) is 5.75 Å². The van der Waals surface area contributed by atoms with E-state index in [2.05, 4.69) is 33.4 Å². The predicted octanol–water partition coefficient (Wildman–Crippen LogP) is 5.32. The van der Waals surface area contributed by atoms with Crippen LogP contribution in [-0.2, 0) is 6.42 Å². The van der Waals surface area contributed by atoms with E-state index in [1.165, 1.54) is 5.56 Å². The fourth-order valence-corrected chi connectivity index (χ4v) is 2.90. The standard InChI is InChI=1S/C21H18BrNO2/c22-19-15-17(21(24)23-18-9-5-2-6-10-18)11-12-20(19)25-14-13-16-7-3-1-4-8-16/h1-12,15H,13-14H2,(H,23,24). The number of carbonyl (C=O) groups excluding carboxylic acids is 1. The van der Waals surface area contributed by atoms with Gasteiger partial charge in [0.15, 0.2) is 0 Å². The van der Waals surface area contributed by atoms with Crippen LogP contribution in [0.5, 0.6) is 5.75 Å². The van der Waals surface area contributed by atoms with Crippen molar-refractivity contribution in [1.29, 1.82) is 0 Å². The Morgan fingerprint density at radius 2 is 1.60 bits per heavy atom. The molecule has 0 aliphatic heterocycles. The van der Waals surface area contributed by atoms with Crippen LogP contribution in [-0.4, -0.2) is 12.5 Å². The number of hydrogen-bond acceptors (Lipinski definition) is 2. The second kappa shape index (κ2) is 8.49. The number of hydrogen-bond donors (Lipinski definition) is 1. The molecule has 3 aromatic carbocycles. The van der Waals surface area contributed by atoms with E-state index >= 15 is 0 Å². The number of amides is 1. The highest BCUT2D eigenvalue weighted by atomic mass is 79.9. The highest BCUT2D eigenvalue weighted by Gasteiger charge is 2.09. The molecule has 4 heteroatoms. The summed E-state index contributed by atoms with van der Waals surface area (Å²) in [6, 6.07) is 24.9. The zero-order chi connectivity index (χ0) is 17.5. The lowest BCUT2D eigenvalue weighted by atomic mass is 10.2.